The number of hydrogen-bond donors (Lipinski definition) is 3. The van der Waals surface area contributed by atoms with Gasteiger partial charge in [-0.3, -0.25) is 14.6 Å². The number of fused-ring (bicyclic) bond motifs is 1. The fourth-order valence-corrected chi connectivity index (χ4v) is 1.94. The highest BCUT2D eigenvalue weighted by molar-refractivity contribution is 6.09. The average Bonchev–Trinajstić information content (AvgIpc) is 2.96. The molecular formula is C12H12N6O. The van der Waals surface area contributed by atoms with Crippen molar-refractivity contribution in [2.24, 2.45) is 7.05 Å². The largest absolute Gasteiger partial charge is 0.396 e. The molecule has 1 aromatic carbocycles. The van der Waals surface area contributed by atoms with Gasteiger partial charge in [0.1, 0.15) is 0 Å². The maximum Gasteiger partial charge on any atom is 0.278 e. The van der Waals surface area contributed by atoms with Crippen molar-refractivity contribution in [2.75, 3.05) is 11.1 Å². The van der Waals surface area contributed by atoms with Crippen LogP contribution in [0.5, 0.6) is 0 Å². The van der Waals surface area contributed by atoms with Gasteiger partial charge < -0.3 is 11.1 Å². The third kappa shape index (κ3) is 1.90. The summed E-state index contributed by atoms with van der Waals surface area (Å²) in [6, 6.07) is 5.51. The molecule has 0 aliphatic carbocycles. The van der Waals surface area contributed by atoms with Crippen molar-refractivity contribution in [2.45, 2.75) is 0 Å². The number of nitrogen functional groups attached to an aromatic ring is 1. The van der Waals surface area contributed by atoms with E-state index in [1.165, 1.54) is 4.68 Å². The predicted octanol–water partition coefficient (Wildman–Crippen LogP) is 1.13. The summed E-state index contributed by atoms with van der Waals surface area (Å²) in [7, 11) is 1.71. The predicted molar refractivity (Wildman–Crippen MR) is 71.7 cm³/mol. The number of amides is 1. The van der Waals surface area contributed by atoms with Gasteiger partial charge in [-0.25, -0.2) is 0 Å². The Labute approximate surface area is 108 Å². The quantitative estimate of drug-likeness (QED) is 0.639. The number of aryl methyl sites for hydroxylation is 1. The maximum atomic E-state index is 12.1. The minimum absolute atomic E-state index is 0.211. The molecule has 96 valence electrons. The Bertz CT molecular complexity index is 757. The minimum Gasteiger partial charge on any atom is -0.396 e. The standard InChI is InChI=1S/C12H12N6O/c1-18-6-8(13)11(17-18)12(19)15-9-3-2-4-10-7(9)5-14-16-10/h2-6H,13H2,1H3,(H,14,16)(H,15,19). The molecule has 2 heterocycles. The highest BCUT2D eigenvalue weighted by Gasteiger charge is 2.15. The lowest BCUT2D eigenvalue weighted by Gasteiger charge is -2.04. The summed E-state index contributed by atoms with van der Waals surface area (Å²) in [6.45, 7) is 0. The number of carbonyl (C=O) groups excluding carboxylic acids is 1. The van der Waals surface area contributed by atoms with E-state index in [-0.39, 0.29) is 11.6 Å². The second kappa shape index (κ2) is 4.13. The zero-order chi connectivity index (χ0) is 13.4. The molecule has 0 saturated carbocycles. The molecule has 1 amide bonds. The topological polar surface area (TPSA) is 102 Å². The number of nitrogens with zero attached hydrogens (tertiary/aromatic N) is 3. The van der Waals surface area contributed by atoms with E-state index in [2.05, 4.69) is 20.6 Å². The van der Waals surface area contributed by atoms with Crippen LogP contribution in [0.15, 0.2) is 30.6 Å². The van der Waals surface area contributed by atoms with Crippen LogP contribution in [-0.2, 0) is 7.05 Å². The van der Waals surface area contributed by atoms with E-state index in [1.54, 1.807) is 25.5 Å². The highest BCUT2D eigenvalue weighted by Crippen LogP contribution is 2.22. The Hall–Kier alpha value is -2.83. The van der Waals surface area contributed by atoms with Crippen LogP contribution in [0.3, 0.4) is 0 Å². The van der Waals surface area contributed by atoms with Gasteiger partial charge in [0, 0.05) is 18.6 Å². The number of aromatic amines is 1. The summed E-state index contributed by atoms with van der Waals surface area (Å²) in [6.07, 6.45) is 3.25. The van der Waals surface area contributed by atoms with Gasteiger partial charge in [0.2, 0.25) is 0 Å². The molecule has 0 unspecified atom stereocenters. The summed E-state index contributed by atoms with van der Waals surface area (Å²) >= 11 is 0. The van der Waals surface area contributed by atoms with Crippen molar-refractivity contribution in [3.05, 3.63) is 36.3 Å². The first-order chi connectivity index (χ1) is 9.15. The Morgan fingerprint density at radius 1 is 1.47 bits per heavy atom. The fourth-order valence-electron chi connectivity index (χ4n) is 1.94. The third-order valence-corrected chi connectivity index (χ3v) is 2.81. The van der Waals surface area contributed by atoms with Gasteiger partial charge in [0.25, 0.3) is 5.91 Å². The Morgan fingerprint density at radius 3 is 3.05 bits per heavy atom. The van der Waals surface area contributed by atoms with E-state index in [0.29, 0.717) is 11.4 Å². The first-order valence-corrected chi connectivity index (χ1v) is 5.67. The van der Waals surface area contributed by atoms with Crippen LogP contribution in [0.2, 0.25) is 0 Å². The summed E-state index contributed by atoms with van der Waals surface area (Å²) in [5, 5.41) is 14.4. The molecule has 4 N–H and O–H groups in total. The zero-order valence-corrected chi connectivity index (χ0v) is 10.2. The molecule has 3 aromatic rings. The smallest absolute Gasteiger partial charge is 0.278 e. The molecule has 0 radical (unpaired) electrons. The SMILES string of the molecule is Cn1cc(N)c(C(=O)Nc2cccc3[nH]ncc23)n1. The van der Waals surface area contributed by atoms with Crippen LogP contribution < -0.4 is 11.1 Å². The zero-order valence-electron chi connectivity index (χ0n) is 10.2. The van der Waals surface area contributed by atoms with Gasteiger partial charge in [0.05, 0.1) is 23.1 Å². The molecule has 7 heteroatoms. The van der Waals surface area contributed by atoms with E-state index < -0.39 is 0 Å². The second-order valence-corrected chi connectivity index (χ2v) is 4.20. The normalized spacial score (nSPS) is 10.8. The Balaban J connectivity index is 1.95. The molecule has 0 bridgehead atoms. The number of anilines is 2. The monoisotopic (exact) mass is 256 g/mol. The number of carbonyl (C=O) groups is 1. The number of benzene rings is 1. The third-order valence-electron chi connectivity index (χ3n) is 2.81. The van der Waals surface area contributed by atoms with E-state index in [9.17, 15) is 4.79 Å². The lowest BCUT2D eigenvalue weighted by atomic mass is 10.2. The lowest BCUT2D eigenvalue weighted by Crippen LogP contribution is -2.14. The van der Waals surface area contributed by atoms with Crippen molar-refractivity contribution < 1.29 is 4.79 Å². The molecule has 7 nitrogen and oxygen atoms in total. The molecule has 0 aliphatic rings. The molecule has 2 aromatic heterocycles. The fraction of sp³-hybridized carbons (Fsp3) is 0.0833. The molecule has 0 aliphatic heterocycles. The van der Waals surface area contributed by atoms with Gasteiger partial charge in [-0.15, -0.1) is 0 Å². The number of hydrogen-bond acceptors (Lipinski definition) is 4. The van der Waals surface area contributed by atoms with E-state index in [4.69, 9.17) is 5.73 Å². The molecular weight excluding hydrogens is 244 g/mol. The lowest BCUT2D eigenvalue weighted by molar-refractivity contribution is 0.102. The molecule has 19 heavy (non-hydrogen) atoms. The summed E-state index contributed by atoms with van der Waals surface area (Å²) < 4.78 is 1.50. The van der Waals surface area contributed by atoms with E-state index in [0.717, 1.165) is 10.9 Å². The van der Waals surface area contributed by atoms with Crippen molar-refractivity contribution >= 4 is 28.2 Å². The first-order valence-electron chi connectivity index (χ1n) is 5.67. The van der Waals surface area contributed by atoms with Crippen LogP contribution in [-0.4, -0.2) is 25.9 Å². The highest BCUT2D eigenvalue weighted by atomic mass is 16.2. The number of H-pyrrole nitrogens is 1. The Kier molecular flexibility index (Phi) is 2.45. The van der Waals surface area contributed by atoms with Gasteiger partial charge in [-0.2, -0.15) is 10.2 Å². The molecule has 3 rings (SSSR count). The first kappa shape index (κ1) is 11.3. The van der Waals surface area contributed by atoms with Crippen molar-refractivity contribution in [1.82, 2.24) is 20.0 Å². The second-order valence-electron chi connectivity index (χ2n) is 4.20. The van der Waals surface area contributed by atoms with Gasteiger partial charge in [-0.1, -0.05) is 6.07 Å². The molecule has 0 fully saturated rings. The van der Waals surface area contributed by atoms with E-state index >= 15 is 0 Å². The van der Waals surface area contributed by atoms with Crippen molar-refractivity contribution in [3.8, 4) is 0 Å². The van der Waals surface area contributed by atoms with Crippen LogP contribution in [0.25, 0.3) is 10.9 Å². The number of rotatable bonds is 2. The van der Waals surface area contributed by atoms with E-state index in [1.807, 2.05) is 12.1 Å². The average molecular weight is 256 g/mol. The van der Waals surface area contributed by atoms with Gasteiger partial charge in [-0.05, 0) is 12.1 Å². The number of nitrogens with two attached hydrogens (primary N) is 1. The number of nitrogens with one attached hydrogen (secondary N) is 2. The van der Waals surface area contributed by atoms with Crippen LogP contribution in [0.4, 0.5) is 11.4 Å². The Morgan fingerprint density at radius 2 is 2.32 bits per heavy atom. The van der Waals surface area contributed by atoms with Crippen LogP contribution in [0.1, 0.15) is 10.5 Å². The maximum absolute atomic E-state index is 12.1. The van der Waals surface area contributed by atoms with Crippen molar-refractivity contribution in [3.63, 3.8) is 0 Å². The molecule has 0 saturated heterocycles. The molecule has 0 spiro atoms. The van der Waals surface area contributed by atoms with Gasteiger partial charge in [0.15, 0.2) is 5.69 Å². The summed E-state index contributed by atoms with van der Waals surface area (Å²) in [4.78, 5) is 12.1. The van der Waals surface area contributed by atoms with Crippen LogP contribution >= 0.6 is 0 Å². The minimum atomic E-state index is -0.341. The molecule has 0 atom stereocenters. The summed E-state index contributed by atoms with van der Waals surface area (Å²) in [5.74, 6) is -0.341. The van der Waals surface area contributed by atoms with Gasteiger partial charge >= 0.3 is 0 Å². The number of aromatic nitrogens is 4. The summed E-state index contributed by atoms with van der Waals surface area (Å²) in [5.41, 5.74) is 7.81. The van der Waals surface area contributed by atoms with Crippen LogP contribution in [0, 0.1) is 0 Å². The van der Waals surface area contributed by atoms with Crippen molar-refractivity contribution in [1.29, 1.82) is 0 Å².